The number of benzene rings is 2. The molecule has 0 N–H and O–H groups in total. The van der Waals surface area contributed by atoms with Crippen LogP contribution in [0.2, 0.25) is 0 Å². The highest BCUT2D eigenvalue weighted by Crippen LogP contribution is 2.32. The molecule has 2 aromatic rings. The van der Waals surface area contributed by atoms with E-state index in [1.807, 2.05) is 6.92 Å². The molecule has 0 amide bonds. The van der Waals surface area contributed by atoms with Crippen LogP contribution in [0.4, 0.5) is 13.2 Å². The Bertz CT molecular complexity index is 965. The van der Waals surface area contributed by atoms with Gasteiger partial charge in [-0.05, 0) is 43.7 Å². The molecule has 0 atom stereocenters. The second kappa shape index (κ2) is 12.1. The Labute approximate surface area is 191 Å². The van der Waals surface area contributed by atoms with Crippen molar-refractivity contribution in [3.8, 4) is 17.2 Å². The summed E-state index contributed by atoms with van der Waals surface area (Å²) in [7, 11) is 0. The molecule has 0 aromatic heterocycles. The lowest BCUT2D eigenvalue weighted by Gasteiger charge is -2.15. The van der Waals surface area contributed by atoms with Gasteiger partial charge in [0.25, 0.3) is 0 Å². The molecule has 0 spiro atoms. The van der Waals surface area contributed by atoms with Crippen LogP contribution < -0.4 is 14.2 Å². The fraction of sp³-hybridized carbons (Fsp3) is 0.360. The first-order chi connectivity index (χ1) is 15.6. The van der Waals surface area contributed by atoms with Gasteiger partial charge in [-0.2, -0.15) is 13.2 Å². The topological polar surface area (TPSA) is 61.8 Å². The molecule has 0 radical (unpaired) electrons. The Balaban J connectivity index is 2.18. The van der Waals surface area contributed by atoms with Gasteiger partial charge in [-0.1, -0.05) is 56.9 Å². The second-order valence-electron chi connectivity index (χ2n) is 7.49. The van der Waals surface area contributed by atoms with Gasteiger partial charge in [0.2, 0.25) is 0 Å². The summed E-state index contributed by atoms with van der Waals surface area (Å²) in [6.45, 7) is 7.00. The van der Waals surface area contributed by atoms with Crippen LogP contribution in [0.25, 0.3) is 0 Å². The molecule has 8 heteroatoms. The quantitative estimate of drug-likeness (QED) is 0.163. The molecule has 0 bridgehead atoms. The third-order valence-corrected chi connectivity index (χ3v) is 4.71. The van der Waals surface area contributed by atoms with Crippen LogP contribution in [-0.2, 0) is 4.79 Å². The largest absolute Gasteiger partial charge is 0.490 e. The molecule has 0 saturated carbocycles. The number of hydrogen-bond donors (Lipinski definition) is 0. The van der Waals surface area contributed by atoms with Crippen LogP contribution in [0.3, 0.4) is 0 Å². The first kappa shape index (κ1) is 26.0. The minimum absolute atomic E-state index is 0.0220. The smallest absolute Gasteiger partial charge is 0.422 e. The van der Waals surface area contributed by atoms with Crippen molar-refractivity contribution < 1.29 is 37.0 Å². The molecule has 5 nitrogen and oxygen atoms in total. The summed E-state index contributed by atoms with van der Waals surface area (Å²) >= 11 is 0. The highest BCUT2D eigenvalue weighted by molar-refractivity contribution is 5.94. The monoisotopic (exact) mass is 464 g/mol. The number of halogens is 3. The van der Waals surface area contributed by atoms with E-state index in [1.165, 1.54) is 12.1 Å². The fourth-order valence-electron chi connectivity index (χ4n) is 2.77. The van der Waals surface area contributed by atoms with E-state index in [2.05, 4.69) is 13.5 Å². The Kier molecular flexibility index (Phi) is 9.51. The number of rotatable bonds is 11. The first-order valence-electron chi connectivity index (χ1n) is 10.7. The Morgan fingerprint density at radius 3 is 2.21 bits per heavy atom. The summed E-state index contributed by atoms with van der Waals surface area (Å²) in [5.74, 6) is -2.43. The van der Waals surface area contributed by atoms with E-state index < -0.39 is 23.7 Å². The van der Waals surface area contributed by atoms with Crippen molar-refractivity contribution in [3.63, 3.8) is 0 Å². The normalized spacial score (nSPS) is 11.1. The molecular formula is C25H27F3O5. The predicted octanol–water partition coefficient (Wildman–Crippen LogP) is 6.59. The number of carbonyl (C=O) groups is 2. The standard InChI is InChI=1S/C25H27F3O5/c1-4-5-6-7-8-15-31-21-14-11-19(24(30)32-20-12-9-17(2)10-13-20)16-22(21)33-23(29)18(3)25(26,27)28/h9-14,16H,3-8,15H2,1-2H3. The van der Waals surface area contributed by atoms with Crippen molar-refractivity contribution in [2.45, 2.75) is 52.1 Å². The van der Waals surface area contributed by atoms with Gasteiger partial charge in [0, 0.05) is 0 Å². The lowest BCUT2D eigenvalue weighted by molar-refractivity contribution is -0.142. The van der Waals surface area contributed by atoms with Gasteiger partial charge in [-0.3, -0.25) is 0 Å². The van der Waals surface area contributed by atoms with Crippen molar-refractivity contribution in [1.29, 1.82) is 0 Å². The summed E-state index contributed by atoms with van der Waals surface area (Å²) in [4.78, 5) is 24.5. The van der Waals surface area contributed by atoms with Gasteiger partial charge in [0.1, 0.15) is 11.3 Å². The van der Waals surface area contributed by atoms with E-state index in [-0.39, 0.29) is 23.7 Å². The SMILES string of the molecule is C=C(C(=O)Oc1cc(C(=O)Oc2ccc(C)cc2)ccc1OCCCCCCC)C(F)(F)F. The van der Waals surface area contributed by atoms with Gasteiger partial charge in [-0.15, -0.1) is 0 Å². The van der Waals surface area contributed by atoms with Gasteiger partial charge in [0.05, 0.1) is 12.2 Å². The molecule has 0 aliphatic rings. The van der Waals surface area contributed by atoms with E-state index >= 15 is 0 Å². The molecule has 0 aliphatic heterocycles. The zero-order chi connectivity index (χ0) is 24.4. The molecule has 0 unspecified atom stereocenters. The van der Waals surface area contributed by atoms with Crippen LogP contribution in [0, 0.1) is 6.92 Å². The van der Waals surface area contributed by atoms with E-state index in [4.69, 9.17) is 14.2 Å². The van der Waals surface area contributed by atoms with Crippen molar-refractivity contribution >= 4 is 11.9 Å². The Morgan fingerprint density at radius 1 is 0.909 bits per heavy atom. The molecule has 0 aliphatic carbocycles. The van der Waals surface area contributed by atoms with Crippen LogP contribution in [-0.4, -0.2) is 24.7 Å². The lowest BCUT2D eigenvalue weighted by atomic mass is 10.1. The molecule has 0 fully saturated rings. The van der Waals surface area contributed by atoms with Crippen LogP contribution in [0.15, 0.2) is 54.6 Å². The van der Waals surface area contributed by atoms with E-state index in [0.29, 0.717) is 5.75 Å². The molecule has 0 saturated heterocycles. The van der Waals surface area contributed by atoms with Crippen molar-refractivity contribution in [2.24, 2.45) is 0 Å². The Hall–Kier alpha value is -3.29. The third-order valence-electron chi connectivity index (χ3n) is 4.71. The average Bonchev–Trinajstić information content (AvgIpc) is 2.77. The third kappa shape index (κ3) is 8.29. The van der Waals surface area contributed by atoms with Gasteiger partial charge in [-0.25, -0.2) is 9.59 Å². The highest BCUT2D eigenvalue weighted by atomic mass is 19.4. The van der Waals surface area contributed by atoms with Crippen LogP contribution in [0.5, 0.6) is 17.2 Å². The van der Waals surface area contributed by atoms with E-state index in [9.17, 15) is 22.8 Å². The summed E-state index contributed by atoms with van der Waals surface area (Å²) in [6.07, 6.45) is -0.0741. The summed E-state index contributed by atoms with van der Waals surface area (Å²) in [5, 5.41) is 0. The molecule has 33 heavy (non-hydrogen) atoms. The predicted molar refractivity (Wildman–Crippen MR) is 118 cm³/mol. The summed E-state index contributed by atoms with van der Waals surface area (Å²) in [6, 6.07) is 10.6. The highest BCUT2D eigenvalue weighted by Gasteiger charge is 2.38. The zero-order valence-electron chi connectivity index (χ0n) is 18.7. The number of unbranched alkanes of at least 4 members (excludes halogenated alkanes) is 4. The minimum atomic E-state index is -4.95. The number of aryl methyl sites for hydroxylation is 1. The van der Waals surface area contributed by atoms with Crippen molar-refractivity contribution in [1.82, 2.24) is 0 Å². The lowest BCUT2D eigenvalue weighted by Crippen LogP contribution is -2.23. The minimum Gasteiger partial charge on any atom is -0.490 e. The molecule has 2 rings (SSSR count). The summed E-state index contributed by atoms with van der Waals surface area (Å²) in [5.41, 5.74) is -0.711. The van der Waals surface area contributed by atoms with Crippen molar-refractivity contribution in [3.05, 3.63) is 65.7 Å². The maximum Gasteiger partial charge on any atom is 0.422 e. The average molecular weight is 464 g/mol. The maximum absolute atomic E-state index is 12.8. The molecule has 0 heterocycles. The fourth-order valence-corrected chi connectivity index (χ4v) is 2.77. The van der Waals surface area contributed by atoms with Gasteiger partial charge < -0.3 is 14.2 Å². The molecular weight excluding hydrogens is 437 g/mol. The Morgan fingerprint density at radius 2 is 1.58 bits per heavy atom. The summed E-state index contributed by atoms with van der Waals surface area (Å²) < 4.78 is 54.3. The number of alkyl halides is 3. The van der Waals surface area contributed by atoms with Crippen LogP contribution in [0.1, 0.15) is 54.9 Å². The first-order valence-corrected chi connectivity index (χ1v) is 10.7. The zero-order valence-corrected chi connectivity index (χ0v) is 18.7. The second-order valence-corrected chi connectivity index (χ2v) is 7.49. The molecule has 2 aromatic carbocycles. The van der Waals surface area contributed by atoms with E-state index in [0.717, 1.165) is 43.7 Å². The van der Waals surface area contributed by atoms with Crippen molar-refractivity contribution in [2.75, 3.05) is 6.61 Å². The van der Waals surface area contributed by atoms with Gasteiger partial charge in [0.15, 0.2) is 11.5 Å². The number of carbonyl (C=O) groups excluding carboxylic acids is 2. The maximum atomic E-state index is 12.8. The molecule has 178 valence electrons. The van der Waals surface area contributed by atoms with E-state index in [1.54, 1.807) is 24.3 Å². The number of hydrogen-bond acceptors (Lipinski definition) is 5. The van der Waals surface area contributed by atoms with Crippen LogP contribution >= 0.6 is 0 Å². The number of esters is 2. The van der Waals surface area contributed by atoms with Gasteiger partial charge >= 0.3 is 18.1 Å². The number of ether oxygens (including phenoxy) is 3.